The Morgan fingerprint density at radius 1 is 1.33 bits per heavy atom. The fourth-order valence-corrected chi connectivity index (χ4v) is 3.18. The summed E-state index contributed by atoms with van der Waals surface area (Å²) in [5.41, 5.74) is 1.75. The smallest absolute Gasteiger partial charge is 0.307 e. The molecule has 0 saturated heterocycles. The molecule has 0 saturated carbocycles. The topological polar surface area (TPSA) is 84.9 Å². The Morgan fingerprint density at radius 3 is 2.60 bits per heavy atom. The number of carbonyl (C=O) groups is 2. The molecular formula is C20H31BCl2N2O5+. The lowest BCUT2D eigenvalue weighted by Gasteiger charge is -2.27. The quantitative estimate of drug-likeness (QED) is 0.117. The molecule has 1 aromatic carbocycles. The molecule has 1 aromatic rings. The molecule has 0 amide bonds. The lowest BCUT2D eigenvalue weighted by Crippen LogP contribution is -2.48. The summed E-state index contributed by atoms with van der Waals surface area (Å²) in [4.78, 5) is 27.8. The number of nitrogens with zero attached hydrogens (tertiary/aromatic N) is 1. The van der Waals surface area contributed by atoms with E-state index in [1.165, 1.54) is 7.41 Å². The van der Waals surface area contributed by atoms with Crippen molar-refractivity contribution in [3.63, 3.8) is 0 Å². The van der Waals surface area contributed by atoms with Crippen molar-refractivity contribution in [3.05, 3.63) is 29.3 Å². The maximum atomic E-state index is 12.3. The van der Waals surface area contributed by atoms with E-state index in [4.69, 9.17) is 32.8 Å². The zero-order valence-corrected chi connectivity index (χ0v) is 19.5. The summed E-state index contributed by atoms with van der Waals surface area (Å²) in [6.45, 7) is 7.62. The van der Waals surface area contributed by atoms with Crippen molar-refractivity contribution in [2.45, 2.75) is 52.2 Å². The number of nitrogens with one attached hydrogen (secondary N) is 1. The largest absolute Gasteiger partial charge is 0.460 e. The van der Waals surface area contributed by atoms with Gasteiger partial charge in [-0.05, 0) is 50.1 Å². The molecule has 1 radical (unpaired) electrons. The minimum absolute atomic E-state index is 0.0782. The molecule has 167 valence electrons. The summed E-state index contributed by atoms with van der Waals surface area (Å²) >= 11 is 11.6. The van der Waals surface area contributed by atoms with Gasteiger partial charge in [-0.2, -0.15) is 10.0 Å². The van der Waals surface area contributed by atoms with Crippen LogP contribution < -0.4 is 10.0 Å². The Balaban J connectivity index is 3.09. The molecule has 0 heterocycles. The van der Waals surface area contributed by atoms with Crippen LogP contribution in [0.5, 0.6) is 0 Å². The third-order valence-electron chi connectivity index (χ3n) is 4.21. The summed E-state index contributed by atoms with van der Waals surface area (Å²) in [6.07, 6.45) is 1.13. The van der Waals surface area contributed by atoms with E-state index >= 15 is 0 Å². The van der Waals surface area contributed by atoms with E-state index in [0.717, 1.165) is 11.1 Å². The van der Waals surface area contributed by atoms with Gasteiger partial charge in [0.05, 0.1) is 24.4 Å². The van der Waals surface area contributed by atoms with Gasteiger partial charge in [0.2, 0.25) is 0 Å². The number of hydrogen-bond donors (Lipinski definition) is 2. The highest BCUT2D eigenvalue weighted by atomic mass is 35.5. The molecule has 0 spiro atoms. The lowest BCUT2D eigenvalue weighted by atomic mass is 9.91. The Hall–Kier alpha value is -1.16. The fourth-order valence-electron chi connectivity index (χ4n) is 2.88. The van der Waals surface area contributed by atoms with Gasteiger partial charge in [-0.3, -0.25) is 4.79 Å². The molecule has 0 aliphatic rings. The Morgan fingerprint density at radius 2 is 2.03 bits per heavy atom. The fraction of sp³-hybridized carbons (Fsp3) is 0.600. The SMILES string of the molecule is Cc1ccc([N+](O)(CCCl)OCCCl)cc1C[C@H](CC(=O)OC(C)(C)C)N[B]C=O. The average molecular weight is 461 g/mol. The van der Waals surface area contributed by atoms with Gasteiger partial charge in [-0.15, -0.1) is 23.2 Å². The van der Waals surface area contributed by atoms with E-state index in [0.29, 0.717) is 18.3 Å². The molecule has 0 bridgehead atoms. The number of ether oxygens (including phenoxy) is 1. The summed E-state index contributed by atoms with van der Waals surface area (Å²) in [6, 6.07) is 5.06. The second-order valence-corrected chi connectivity index (χ2v) is 8.66. The number of quaternary nitrogens is 1. The van der Waals surface area contributed by atoms with Crippen LogP contribution in [-0.2, 0) is 25.6 Å². The van der Waals surface area contributed by atoms with Gasteiger partial charge in [0.1, 0.15) is 12.2 Å². The van der Waals surface area contributed by atoms with Gasteiger partial charge in [-0.25, -0.2) is 0 Å². The molecule has 0 fully saturated rings. The molecule has 1 rings (SSSR count). The normalized spacial score (nSPS) is 14.6. The maximum Gasteiger partial charge on any atom is 0.307 e. The molecule has 0 aromatic heterocycles. The van der Waals surface area contributed by atoms with Gasteiger partial charge in [0, 0.05) is 18.2 Å². The molecule has 10 heteroatoms. The number of esters is 1. The first kappa shape index (κ1) is 26.9. The van der Waals surface area contributed by atoms with Crippen LogP contribution in [0.15, 0.2) is 18.2 Å². The first-order chi connectivity index (χ1) is 14.0. The van der Waals surface area contributed by atoms with E-state index in [2.05, 4.69) is 5.23 Å². The second-order valence-electron chi connectivity index (χ2n) is 7.91. The highest BCUT2D eigenvalue weighted by Crippen LogP contribution is 2.26. The van der Waals surface area contributed by atoms with Crippen molar-refractivity contribution in [2.24, 2.45) is 0 Å². The summed E-state index contributed by atoms with van der Waals surface area (Å²) in [5, 5.41) is 13.9. The molecule has 2 N–H and O–H groups in total. The molecule has 1 unspecified atom stereocenters. The van der Waals surface area contributed by atoms with Gasteiger partial charge in [0.15, 0.2) is 12.2 Å². The van der Waals surface area contributed by atoms with Crippen molar-refractivity contribution in [1.29, 1.82) is 0 Å². The molecule has 30 heavy (non-hydrogen) atoms. The highest BCUT2D eigenvalue weighted by Gasteiger charge is 2.32. The average Bonchev–Trinajstić information content (AvgIpc) is 2.64. The van der Waals surface area contributed by atoms with Crippen LogP contribution in [0.25, 0.3) is 0 Å². The number of rotatable bonds is 13. The predicted octanol–water partition coefficient (Wildman–Crippen LogP) is 3.14. The Labute approximate surface area is 189 Å². The van der Waals surface area contributed by atoms with E-state index < -0.39 is 10.4 Å². The number of alkyl halides is 2. The summed E-state index contributed by atoms with van der Waals surface area (Å²) in [7, 11) is 1.26. The minimum atomic E-state index is -0.797. The lowest BCUT2D eigenvalue weighted by molar-refractivity contribution is -0.319. The van der Waals surface area contributed by atoms with Crippen LogP contribution >= 0.6 is 23.2 Å². The number of aryl methyl sites for hydroxylation is 1. The van der Waals surface area contributed by atoms with Crippen molar-refractivity contribution >= 4 is 48.5 Å². The number of hydrogen-bond acceptors (Lipinski definition) is 6. The Bertz CT molecular complexity index is 702. The standard InChI is InChI=1S/C20H31BCl2N2O5/c1-15-5-6-18(25(28,9-7-22)29-10-8-23)12-16(15)11-17(24-21-14-26)13-19(27)30-20(2,3)4/h5-6,12,14,17,24,28H,7-11,13H2,1-4H3/q+1/t17-,25?/m1/s1. The predicted molar refractivity (Wildman–Crippen MR) is 121 cm³/mol. The van der Waals surface area contributed by atoms with Gasteiger partial charge in [0.25, 0.3) is 7.41 Å². The first-order valence-corrected chi connectivity index (χ1v) is 10.8. The van der Waals surface area contributed by atoms with Crippen LogP contribution in [0.1, 0.15) is 38.3 Å². The van der Waals surface area contributed by atoms with Crippen LogP contribution in [0, 0.1) is 6.92 Å². The van der Waals surface area contributed by atoms with E-state index in [1.54, 1.807) is 32.9 Å². The van der Waals surface area contributed by atoms with Gasteiger partial charge in [-0.1, -0.05) is 6.07 Å². The molecule has 7 nitrogen and oxygen atoms in total. The zero-order chi connectivity index (χ0) is 22.8. The molecular weight excluding hydrogens is 430 g/mol. The van der Waals surface area contributed by atoms with Gasteiger partial charge >= 0.3 is 5.97 Å². The van der Waals surface area contributed by atoms with Crippen LogP contribution in [0.2, 0.25) is 0 Å². The first-order valence-electron chi connectivity index (χ1n) is 9.77. The molecule has 0 aliphatic carbocycles. The van der Waals surface area contributed by atoms with Crippen molar-refractivity contribution in [3.8, 4) is 0 Å². The second kappa shape index (κ2) is 12.6. The van der Waals surface area contributed by atoms with Crippen molar-refractivity contribution < 1.29 is 24.4 Å². The van der Waals surface area contributed by atoms with Crippen LogP contribution in [0.3, 0.4) is 0 Å². The third-order valence-corrected chi connectivity index (χ3v) is 4.53. The van der Waals surface area contributed by atoms with E-state index in [9.17, 15) is 14.8 Å². The van der Waals surface area contributed by atoms with Crippen molar-refractivity contribution in [2.75, 3.05) is 24.9 Å². The number of carbonyl (C=O) groups excluding carboxylic acids is 2. The number of halogens is 2. The molecule has 0 aliphatic heterocycles. The monoisotopic (exact) mass is 460 g/mol. The van der Waals surface area contributed by atoms with E-state index in [1.807, 2.05) is 13.0 Å². The summed E-state index contributed by atoms with van der Waals surface area (Å²) in [5.74, 6) is 0.0392. The molecule has 2 atom stereocenters. The zero-order valence-electron chi connectivity index (χ0n) is 18.0. The number of hydroxylamine groups is 2. The minimum Gasteiger partial charge on any atom is -0.460 e. The maximum absolute atomic E-state index is 12.3. The van der Waals surface area contributed by atoms with Crippen molar-refractivity contribution in [1.82, 2.24) is 10.0 Å². The van der Waals surface area contributed by atoms with Crippen LogP contribution in [0.4, 0.5) is 5.69 Å². The third kappa shape index (κ3) is 9.33. The summed E-state index contributed by atoms with van der Waals surface area (Å²) < 4.78 is 5.40. The van der Waals surface area contributed by atoms with E-state index in [-0.39, 0.29) is 43.3 Å². The Kier molecular flexibility index (Phi) is 11.3. The van der Waals surface area contributed by atoms with Gasteiger partial charge < -0.3 is 14.8 Å². The highest BCUT2D eigenvalue weighted by molar-refractivity contribution is 6.64. The number of benzene rings is 1. The van der Waals surface area contributed by atoms with Crippen LogP contribution in [-0.4, -0.2) is 61.3 Å².